The van der Waals surface area contributed by atoms with Crippen molar-refractivity contribution in [1.82, 2.24) is 24.6 Å². The van der Waals surface area contributed by atoms with Crippen molar-refractivity contribution in [3.63, 3.8) is 0 Å². The number of benzene rings is 1. The highest BCUT2D eigenvalue weighted by Gasteiger charge is 2.30. The van der Waals surface area contributed by atoms with Gasteiger partial charge in [0, 0.05) is 62.4 Å². The molecule has 1 aliphatic heterocycles. The van der Waals surface area contributed by atoms with Crippen molar-refractivity contribution in [1.29, 1.82) is 0 Å². The van der Waals surface area contributed by atoms with Gasteiger partial charge in [-0.2, -0.15) is 4.98 Å². The molecule has 0 spiro atoms. The number of carbonyl (C=O) groups is 2. The Kier molecular flexibility index (Phi) is 5.48. The van der Waals surface area contributed by atoms with Gasteiger partial charge in [-0.05, 0) is 30.5 Å². The van der Waals surface area contributed by atoms with Crippen molar-refractivity contribution < 1.29 is 19.2 Å². The molecule has 4 aromatic rings. The third-order valence-corrected chi connectivity index (χ3v) is 6.11. The second-order valence-corrected chi connectivity index (χ2v) is 8.14. The monoisotopic (exact) mass is 460 g/mol. The first-order chi connectivity index (χ1) is 16.5. The Morgan fingerprint density at radius 3 is 2.85 bits per heavy atom. The van der Waals surface area contributed by atoms with Gasteiger partial charge in [-0.3, -0.25) is 4.79 Å². The van der Waals surface area contributed by atoms with E-state index in [2.05, 4.69) is 20.4 Å². The summed E-state index contributed by atoms with van der Waals surface area (Å²) in [6.07, 6.45) is 2.37. The first kappa shape index (κ1) is 21.6. The van der Waals surface area contributed by atoms with Gasteiger partial charge in [0.2, 0.25) is 11.7 Å². The average Bonchev–Trinajstić information content (AvgIpc) is 3.44. The van der Waals surface area contributed by atoms with Gasteiger partial charge < -0.3 is 24.4 Å². The van der Waals surface area contributed by atoms with Gasteiger partial charge in [0.05, 0.1) is 5.56 Å². The van der Waals surface area contributed by atoms with Gasteiger partial charge in [0.15, 0.2) is 0 Å². The maximum atomic E-state index is 13.0. The molecule has 0 aliphatic carbocycles. The molecule has 0 fully saturated rings. The van der Waals surface area contributed by atoms with E-state index in [0.29, 0.717) is 55.7 Å². The summed E-state index contributed by atoms with van der Waals surface area (Å²) < 4.78 is 6.81. The van der Waals surface area contributed by atoms with Crippen molar-refractivity contribution in [3.8, 4) is 11.4 Å². The van der Waals surface area contributed by atoms with E-state index in [1.54, 1.807) is 22.6 Å². The fourth-order valence-corrected chi connectivity index (χ4v) is 4.48. The summed E-state index contributed by atoms with van der Waals surface area (Å²) in [5, 5.41) is 18.7. The molecule has 34 heavy (non-hydrogen) atoms. The number of nitrogens with one attached hydrogen (secondary N) is 1. The zero-order valence-electron chi connectivity index (χ0n) is 18.9. The van der Waals surface area contributed by atoms with Gasteiger partial charge >= 0.3 is 5.97 Å². The molecule has 3 aromatic heterocycles. The van der Waals surface area contributed by atoms with Crippen molar-refractivity contribution in [2.24, 2.45) is 0 Å². The summed E-state index contributed by atoms with van der Waals surface area (Å²) in [7, 11) is 0. The van der Waals surface area contributed by atoms with Gasteiger partial charge in [-0.15, -0.1) is 0 Å². The number of carboxylic acids is 1. The molecule has 0 bridgehead atoms. The molecule has 174 valence electrons. The molecule has 5 rings (SSSR count). The second kappa shape index (κ2) is 8.62. The molecule has 0 saturated carbocycles. The van der Waals surface area contributed by atoms with E-state index in [1.807, 2.05) is 31.2 Å². The Morgan fingerprint density at radius 2 is 2.12 bits per heavy atom. The summed E-state index contributed by atoms with van der Waals surface area (Å²) in [6.45, 7) is 5.66. The first-order valence-corrected chi connectivity index (χ1v) is 11.1. The molecule has 1 amide bonds. The van der Waals surface area contributed by atoms with Crippen LogP contribution in [0.15, 0.2) is 41.1 Å². The van der Waals surface area contributed by atoms with Crippen molar-refractivity contribution >= 4 is 28.5 Å². The lowest BCUT2D eigenvalue weighted by molar-refractivity contribution is 0.0683. The molecule has 1 aromatic carbocycles. The van der Waals surface area contributed by atoms with E-state index in [4.69, 9.17) is 4.52 Å². The highest BCUT2D eigenvalue weighted by molar-refractivity contribution is 6.00. The van der Waals surface area contributed by atoms with Crippen LogP contribution in [0.3, 0.4) is 0 Å². The number of carbonyl (C=O) groups excluding carboxylic acids is 1. The average molecular weight is 460 g/mol. The first-order valence-electron chi connectivity index (χ1n) is 11.1. The van der Waals surface area contributed by atoms with E-state index in [9.17, 15) is 14.7 Å². The summed E-state index contributed by atoms with van der Waals surface area (Å²) in [4.78, 5) is 35.1. The number of amides is 1. The van der Waals surface area contributed by atoms with Gasteiger partial charge in [-0.25, -0.2) is 9.78 Å². The number of nitrogens with zero attached hydrogens (tertiary/aromatic N) is 5. The molecule has 0 saturated heterocycles. The maximum Gasteiger partial charge on any atom is 0.352 e. The van der Waals surface area contributed by atoms with Crippen LogP contribution in [-0.2, 0) is 13.0 Å². The van der Waals surface area contributed by atoms with Crippen LogP contribution in [0.4, 0.5) is 5.82 Å². The predicted molar refractivity (Wildman–Crippen MR) is 125 cm³/mol. The van der Waals surface area contributed by atoms with E-state index < -0.39 is 5.97 Å². The fourth-order valence-electron chi connectivity index (χ4n) is 4.48. The second-order valence-electron chi connectivity index (χ2n) is 8.14. The number of hydrogen-bond acceptors (Lipinski definition) is 7. The fraction of sp³-hybridized carbons (Fsp3) is 0.292. The topological polar surface area (TPSA) is 126 Å². The summed E-state index contributed by atoms with van der Waals surface area (Å²) in [5.74, 6) is 0.561. The van der Waals surface area contributed by atoms with Gasteiger partial charge in [0.25, 0.3) is 5.91 Å². The minimum Gasteiger partial charge on any atom is -0.477 e. The quantitative estimate of drug-likeness (QED) is 0.430. The SMILES string of the molecule is CCn1c(C(=O)O)cc2c1CCN(CCNc1nccc3ccc(-c4noc(C)n4)cc13)C2=O. The normalized spacial score (nSPS) is 13.4. The molecular weight excluding hydrogens is 436 g/mol. The largest absolute Gasteiger partial charge is 0.477 e. The van der Waals surface area contributed by atoms with Crippen LogP contribution in [0.1, 0.15) is 39.4 Å². The van der Waals surface area contributed by atoms with Crippen LogP contribution in [0.2, 0.25) is 0 Å². The van der Waals surface area contributed by atoms with Crippen LogP contribution in [0.25, 0.3) is 22.2 Å². The third kappa shape index (κ3) is 3.76. The Balaban J connectivity index is 1.32. The van der Waals surface area contributed by atoms with Crippen molar-refractivity contribution in [2.45, 2.75) is 26.8 Å². The van der Waals surface area contributed by atoms with Crippen LogP contribution in [0.5, 0.6) is 0 Å². The molecule has 10 nitrogen and oxygen atoms in total. The number of fused-ring (bicyclic) bond motifs is 2. The van der Waals surface area contributed by atoms with Crippen molar-refractivity contribution in [3.05, 3.63) is 59.4 Å². The predicted octanol–water partition coefficient (Wildman–Crippen LogP) is 3.22. The minimum atomic E-state index is -1.02. The van der Waals surface area contributed by atoms with Crippen LogP contribution >= 0.6 is 0 Å². The molecule has 2 N–H and O–H groups in total. The van der Waals surface area contributed by atoms with Gasteiger partial charge in [-0.1, -0.05) is 17.3 Å². The Morgan fingerprint density at radius 1 is 1.26 bits per heavy atom. The highest BCUT2D eigenvalue weighted by atomic mass is 16.5. The molecule has 1 aliphatic rings. The molecular formula is C24H24N6O4. The molecule has 0 unspecified atom stereocenters. The van der Waals surface area contributed by atoms with Crippen LogP contribution in [0, 0.1) is 6.92 Å². The van der Waals surface area contributed by atoms with Crippen LogP contribution < -0.4 is 5.32 Å². The summed E-state index contributed by atoms with van der Waals surface area (Å²) in [5.41, 5.74) is 2.27. The third-order valence-electron chi connectivity index (χ3n) is 6.11. The number of aryl methyl sites for hydroxylation is 1. The highest BCUT2D eigenvalue weighted by Crippen LogP contribution is 2.27. The van der Waals surface area contributed by atoms with E-state index >= 15 is 0 Å². The minimum absolute atomic E-state index is 0.140. The lowest BCUT2D eigenvalue weighted by Gasteiger charge is -2.28. The Hall–Kier alpha value is -4.21. The van der Waals surface area contributed by atoms with Gasteiger partial charge in [0.1, 0.15) is 11.5 Å². The standard InChI is InChI=1S/C24H24N6O4/c1-3-30-19-7-10-29(23(31)18(19)13-20(30)24(32)33)11-9-26-22-17-12-16(21-27-14(2)34-28-21)5-4-15(17)6-8-25-22/h4-6,8,12-13H,3,7,9-11H2,1-2H3,(H,25,26)(H,32,33). The number of carboxylic acid groups (broad SMARTS) is 1. The Labute approximate surface area is 195 Å². The smallest absolute Gasteiger partial charge is 0.352 e. The number of aromatic carboxylic acids is 1. The Bertz CT molecular complexity index is 1410. The zero-order chi connectivity index (χ0) is 23.8. The van der Waals surface area contributed by atoms with E-state index in [1.165, 1.54) is 6.07 Å². The number of aromatic nitrogens is 4. The molecule has 0 atom stereocenters. The molecule has 4 heterocycles. The van der Waals surface area contributed by atoms with Crippen molar-refractivity contribution in [2.75, 3.05) is 25.0 Å². The molecule has 10 heteroatoms. The lowest BCUT2D eigenvalue weighted by Crippen LogP contribution is -2.40. The maximum absolute atomic E-state index is 13.0. The zero-order valence-corrected chi connectivity index (χ0v) is 18.9. The van der Waals surface area contributed by atoms with E-state index in [0.717, 1.165) is 22.0 Å². The summed E-state index contributed by atoms with van der Waals surface area (Å²) in [6, 6.07) is 9.32. The molecule has 0 radical (unpaired) electrons. The number of anilines is 1. The summed E-state index contributed by atoms with van der Waals surface area (Å²) >= 11 is 0. The number of pyridine rings is 1. The lowest BCUT2D eigenvalue weighted by atomic mass is 10.1. The number of rotatable bonds is 7. The van der Waals surface area contributed by atoms with Crippen LogP contribution in [-0.4, -0.2) is 61.2 Å². The van der Waals surface area contributed by atoms with E-state index in [-0.39, 0.29) is 11.6 Å². The number of hydrogen-bond donors (Lipinski definition) is 2.